The van der Waals surface area contributed by atoms with E-state index in [9.17, 15) is 9.59 Å². The quantitative estimate of drug-likeness (QED) is 0.389. The van der Waals surface area contributed by atoms with Crippen LogP contribution in [0.15, 0.2) is 0 Å². The molecule has 0 spiro atoms. The molecule has 0 aromatic carbocycles. The van der Waals surface area contributed by atoms with Gasteiger partial charge < -0.3 is 10.1 Å². The molecule has 1 N–H and O–H groups in total. The van der Waals surface area contributed by atoms with Crippen LogP contribution in [0.4, 0.5) is 0 Å². The minimum atomic E-state index is -0.492. The molecule has 13 heavy (non-hydrogen) atoms. The van der Waals surface area contributed by atoms with Crippen LogP contribution in [0.1, 0.15) is 19.3 Å². The number of rotatable bonds is 3. The van der Waals surface area contributed by atoms with Gasteiger partial charge in [-0.3, -0.25) is 4.79 Å². The van der Waals surface area contributed by atoms with Crippen molar-refractivity contribution in [2.75, 3.05) is 12.3 Å². The highest BCUT2D eigenvalue weighted by Crippen LogP contribution is 2.06. The third-order valence-electron chi connectivity index (χ3n) is 1.88. The highest BCUT2D eigenvalue weighted by Gasteiger charge is 2.25. The molecule has 4 nitrogen and oxygen atoms in total. The molecule has 1 heterocycles. The summed E-state index contributed by atoms with van der Waals surface area (Å²) in [5.41, 5.74) is 0. The molecule has 1 aliphatic heterocycles. The number of carbonyl (C=O) groups excluding carboxylic acids is 2. The number of thiol groups is 1. The second-order valence-electron chi connectivity index (χ2n) is 2.92. The normalized spacial score (nSPS) is 21.5. The molecule has 5 heteroatoms. The summed E-state index contributed by atoms with van der Waals surface area (Å²) in [6.45, 7) is 0.820. The summed E-state index contributed by atoms with van der Waals surface area (Å²) in [4.78, 5) is 22.1. The molecule has 0 aromatic heterocycles. The molecular weight excluding hydrogens is 190 g/mol. The maximum Gasteiger partial charge on any atom is 0.330 e. The average molecular weight is 203 g/mol. The Hall–Kier alpha value is -0.550. The van der Waals surface area contributed by atoms with E-state index in [1.165, 1.54) is 0 Å². The fourth-order valence-corrected chi connectivity index (χ4v) is 1.39. The minimum Gasteiger partial charge on any atom is -0.392 e. The lowest BCUT2D eigenvalue weighted by Crippen LogP contribution is -2.33. The van der Waals surface area contributed by atoms with E-state index in [1.807, 2.05) is 0 Å². The molecule has 74 valence electrons. The topological polar surface area (TPSA) is 55.4 Å². The fraction of sp³-hybridized carbons (Fsp3) is 0.750. The smallest absolute Gasteiger partial charge is 0.330 e. The largest absolute Gasteiger partial charge is 0.392 e. The first kappa shape index (κ1) is 10.5. The second-order valence-corrected chi connectivity index (χ2v) is 3.36. The highest BCUT2D eigenvalue weighted by molar-refractivity contribution is 7.80. The molecule has 0 amide bonds. The molecule has 1 fully saturated rings. The van der Waals surface area contributed by atoms with Crippen molar-refractivity contribution in [2.45, 2.75) is 25.3 Å². The number of ether oxygens (including phenoxy) is 1. The third-order valence-corrected chi connectivity index (χ3v) is 2.10. The van der Waals surface area contributed by atoms with E-state index in [1.54, 1.807) is 0 Å². The second kappa shape index (κ2) is 5.24. The van der Waals surface area contributed by atoms with Gasteiger partial charge in [-0.25, -0.2) is 4.79 Å². The summed E-state index contributed by atoms with van der Waals surface area (Å²) < 4.78 is 4.59. The lowest BCUT2D eigenvalue weighted by atomic mass is 10.2. The van der Waals surface area contributed by atoms with Gasteiger partial charge in [0.05, 0.1) is 6.42 Å². The van der Waals surface area contributed by atoms with Crippen LogP contribution in [0.25, 0.3) is 0 Å². The standard InChI is InChI=1S/C8H13NO3S/c10-7(3-5-13)12-8(11)6-2-1-4-9-6/h6,9,13H,1-5H2/t6-/m1/s1. The molecule has 0 aromatic rings. The van der Waals surface area contributed by atoms with Crippen molar-refractivity contribution in [3.8, 4) is 0 Å². The van der Waals surface area contributed by atoms with Gasteiger partial charge in [-0.05, 0) is 19.4 Å². The lowest BCUT2D eigenvalue weighted by molar-refractivity contribution is -0.160. The molecule has 1 saturated heterocycles. The van der Waals surface area contributed by atoms with Gasteiger partial charge in [0.2, 0.25) is 0 Å². The monoisotopic (exact) mass is 203 g/mol. The molecule has 1 aliphatic rings. The van der Waals surface area contributed by atoms with E-state index in [0.717, 1.165) is 19.4 Å². The molecule has 0 unspecified atom stereocenters. The van der Waals surface area contributed by atoms with E-state index in [2.05, 4.69) is 22.7 Å². The SMILES string of the molecule is O=C(CCS)OC(=O)[C@H]1CCCN1. The van der Waals surface area contributed by atoms with E-state index in [-0.39, 0.29) is 12.5 Å². The van der Waals surface area contributed by atoms with Crippen LogP contribution in [-0.2, 0) is 14.3 Å². The molecule has 0 aliphatic carbocycles. The maximum absolute atomic E-state index is 11.2. The Labute approximate surface area is 82.4 Å². The van der Waals surface area contributed by atoms with Gasteiger partial charge in [0, 0.05) is 5.75 Å². The van der Waals surface area contributed by atoms with Gasteiger partial charge in [-0.15, -0.1) is 0 Å². The molecule has 1 rings (SSSR count). The van der Waals surface area contributed by atoms with E-state index >= 15 is 0 Å². The van der Waals surface area contributed by atoms with Gasteiger partial charge in [0.25, 0.3) is 0 Å². The van der Waals surface area contributed by atoms with E-state index in [0.29, 0.717) is 5.75 Å². The Balaban J connectivity index is 2.27. The molecule has 1 atom stereocenters. The van der Waals surface area contributed by atoms with Crippen LogP contribution in [0, 0.1) is 0 Å². The van der Waals surface area contributed by atoms with Crippen molar-refractivity contribution in [1.82, 2.24) is 5.32 Å². The number of nitrogens with one attached hydrogen (secondary N) is 1. The fourth-order valence-electron chi connectivity index (χ4n) is 1.21. The van der Waals surface area contributed by atoms with Crippen LogP contribution in [-0.4, -0.2) is 30.3 Å². The Morgan fingerprint density at radius 3 is 2.85 bits per heavy atom. The zero-order valence-corrected chi connectivity index (χ0v) is 8.18. The Morgan fingerprint density at radius 1 is 1.54 bits per heavy atom. The van der Waals surface area contributed by atoms with Gasteiger partial charge in [0.1, 0.15) is 6.04 Å². The summed E-state index contributed by atoms with van der Waals surface area (Å²) in [7, 11) is 0. The minimum absolute atomic E-state index is 0.182. The van der Waals surface area contributed by atoms with Crippen LogP contribution in [0.2, 0.25) is 0 Å². The first-order valence-corrected chi connectivity index (χ1v) is 4.96. The van der Waals surface area contributed by atoms with E-state index in [4.69, 9.17) is 0 Å². The zero-order chi connectivity index (χ0) is 9.68. The molecular formula is C8H13NO3S. The molecule has 0 saturated carbocycles. The molecule has 0 radical (unpaired) electrons. The number of carbonyl (C=O) groups is 2. The van der Waals surface area contributed by atoms with Crippen molar-refractivity contribution in [2.24, 2.45) is 0 Å². The van der Waals surface area contributed by atoms with Crippen molar-refractivity contribution in [1.29, 1.82) is 0 Å². The van der Waals surface area contributed by atoms with Crippen LogP contribution in [0.3, 0.4) is 0 Å². The first-order chi connectivity index (χ1) is 6.24. The highest BCUT2D eigenvalue weighted by atomic mass is 32.1. The van der Waals surface area contributed by atoms with Crippen molar-refractivity contribution < 1.29 is 14.3 Å². The maximum atomic E-state index is 11.2. The first-order valence-electron chi connectivity index (χ1n) is 4.33. The van der Waals surface area contributed by atoms with Crippen molar-refractivity contribution in [3.05, 3.63) is 0 Å². The van der Waals surface area contributed by atoms with Gasteiger partial charge in [-0.2, -0.15) is 12.6 Å². The summed E-state index contributed by atoms with van der Waals surface area (Å²) in [6, 6.07) is -0.288. The van der Waals surface area contributed by atoms with Crippen molar-refractivity contribution >= 4 is 24.6 Å². The Bertz CT molecular complexity index is 202. The predicted molar refractivity (Wildman–Crippen MR) is 50.6 cm³/mol. The Kier molecular flexibility index (Phi) is 4.24. The summed E-state index contributed by atoms with van der Waals surface area (Å²) >= 11 is 3.86. The van der Waals surface area contributed by atoms with E-state index < -0.39 is 11.9 Å². The predicted octanol–water partition coefficient (Wildman–Crippen LogP) is 0.128. The number of hydrogen-bond donors (Lipinski definition) is 2. The average Bonchev–Trinajstić information content (AvgIpc) is 2.55. The lowest BCUT2D eigenvalue weighted by Gasteiger charge is -2.07. The molecule has 0 bridgehead atoms. The third kappa shape index (κ3) is 3.36. The number of hydrogen-bond acceptors (Lipinski definition) is 5. The van der Waals surface area contributed by atoms with Crippen LogP contribution >= 0.6 is 12.6 Å². The summed E-state index contributed by atoms with van der Waals surface area (Å²) in [5, 5.41) is 2.96. The van der Waals surface area contributed by atoms with Gasteiger partial charge >= 0.3 is 11.9 Å². The van der Waals surface area contributed by atoms with Crippen LogP contribution in [0.5, 0.6) is 0 Å². The summed E-state index contributed by atoms with van der Waals surface area (Å²) in [5.74, 6) is -0.539. The Morgan fingerprint density at radius 2 is 2.31 bits per heavy atom. The van der Waals surface area contributed by atoms with Gasteiger partial charge in [0.15, 0.2) is 0 Å². The zero-order valence-electron chi connectivity index (χ0n) is 7.28. The number of esters is 2. The van der Waals surface area contributed by atoms with Gasteiger partial charge in [-0.1, -0.05) is 0 Å². The van der Waals surface area contributed by atoms with Crippen LogP contribution < -0.4 is 5.32 Å². The summed E-state index contributed by atoms with van der Waals surface area (Å²) in [6.07, 6.45) is 1.90. The van der Waals surface area contributed by atoms with Crippen molar-refractivity contribution in [3.63, 3.8) is 0 Å².